The van der Waals surface area contributed by atoms with Crippen LogP contribution in [0.5, 0.6) is 0 Å². The van der Waals surface area contributed by atoms with Gasteiger partial charge in [-0.3, -0.25) is 4.99 Å². The van der Waals surface area contributed by atoms with Crippen LogP contribution in [0.2, 0.25) is 0 Å². The predicted molar refractivity (Wildman–Crippen MR) is 73.0 cm³/mol. The van der Waals surface area contributed by atoms with E-state index in [1.807, 2.05) is 29.2 Å². The van der Waals surface area contributed by atoms with Gasteiger partial charge in [0.1, 0.15) is 0 Å². The maximum Gasteiger partial charge on any atom is 0.416 e. The Hall–Kier alpha value is -2.30. The smallest absolute Gasteiger partial charge is 0.334 e. The molecule has 0 aromatic heterocycles. The number of rotatable bonds is 1. The number of benzene rings is 2. The molecule has 1 heterocycles. The average molecular weight is 276 g/mol. The highest BCUT2D eigenvalue weighted by Gasteiger charge is 2.30. The van der Waals surface area contributed by atoms with Gasteiger partial charge in [-0.1, -0.05) is 12.1 Å². The van der Waals surface area contributed by atoms with Crippen LogP contribution in [0.1, 0.15) is 5.56 Å². The highest BCUT2D eigenvalue weighted by Crippen LogP contribution is 2.37. The predicted octanol–water partition coefficient (Wildman–Crippen LogP) is 4.56. The number of halogens is 3. The fourth-order valence-electron chi connectivity index (χ4n) is 2.20. The molecular weight excluding hydrogens is 265 g/mol. The van der Waals surface area contributed by atoms with E-state index in [-0.39, 0.29) is 0 Å². The Balaban J connectivity index is 1.96. The van der Waals surface area contributed by atoms with Crippen LogP contribution < -0.4 is 4.90 Å². The Morgan fingerprint density at radius 2 is 1.65 bits per heavy atom. The standard InChI is InChI=1S/C15H11F3N2/c16-15(17,18)11-5-7-12(8-6-11)20-10-9-19-13-3-1-2-4-14(13)20/h1-9H,10H2. The molecule has 2 nitrogen and oxygen atoms in total. The Kier molecular flexibility index (Phi) is 2.97. The third-order valence-electron chi connectivity index (χ3n) is 3.17. The minimum absolute atomic E-state index is 0.544. The van der Waals surface area contributed by atoms with Crippen molar-refractivity contribution in [1.29, 1.82) is 0 Å². The van der Waals surface area contributed by atoms with Crippen LogP contribution >= 0.6 is 0 Å². The highest BCUT2D eigenvalue weighted by atomic mass is 19.4. The molecule has 0 N–H and O–H groups in total. The summed E-state index contributed by atoms with van der Waals surface area (Å²) in [6, 6.07) is 12.7. The van der Waals surface area contributed by atoms with E-state index in [2.05, 4.69) is 4.99 Å². The molecule has 1 aliphatic heterocycles. The third-order valence-corrected chi connectivity index (χ3v) is 3.17. The molecule has 1 aliphatic rings. The molecule has 0 saturated heterocycles. The Morgan fingerprint density at radius 1 is 0.950 bits per heavy atom. The van der Waals surface area contributed by atoms with Gasteiger partial charge in [0.15, 0.2) is 0 Å². The van der Waals surface area contributed by atoms with Crippen molar-refractivity contribution in [1.82, 2.24) is 0 Å². The normalized spacial score (nSPS) is 14.2. The van der Waals surface area contributed by atoms with E-state index >= 15 is 0 Å². The quantitative estimate of drug-likeness (QED) is 0.745. The molecule has 0 saturated carbocycles. The molecule has 0 amide bonds. The monoisotopic (exact) mass is 276 g/mol. The number of para-hydroxylation sites is 2. The van der Waals surface area contributed by atoms with Crippen molar-refractivity contribution in [3.63, 3.8) is 0 Å². The summed E-state index contributed by atoms with van der Waals surface area (Å²) in [6.45, 7) is 0.544. The molecule has 2 aromatic rings. The largest absolute Gasteiger partial charge is 0.416 e. The summed E-state index contributed by atoms with van der Waals surface area (Å²) in [5, 5.41) is 0. The van der Waals surface area contributed by atoms with E-state index < -0.39 is 11.7 Å². The number of nitrogens with zero attached hydrogens (tertiary/aromatic N) is 2. The maximum absolute atomic E-state index is 12.6. The molecule has 0 unspecified atom stereocenters. The van der Waals surface area contributed by atoms with Gasteiger partial charge in [-0.25, -0.2) is 0 Å². The first kappa shape index (κ1) is 12.7. The summed E-state index contributed by atoms with van der Waals surface area (Å²) in [4.78, 5) is 6.21. The molecule has 3 rings (SSSR count). The maximum atomic E-state index is 12.6. The van der Waals surface area contributed by atoms with Gasteiger partial charge in [0, 0.05) is 11.9 Å². The molecule has 0 fully saturated rings. The van der Waals surface area contributed by atoms with Crippen molar-refractivity contribution in [3.8, 4) is 0 Å². The Labute approximate surface area is 114 Å². The second-order valence-corrected chi connectivity index (χ2v) is 4.46. The number of fused-ring (bicyclic) bond motifs is 1. The van der Waals surface area contributed by atoms with Crippen molar-refractivity contribution in [3.05, 3.63) is 54.1 Å². The zero-order valence-electron chi connectivity index (χ0n) is 10.4. The summed E-state index contributed by atoms with van der Waals surface area (Å²) in [5.41, 5.74) is 1.80. The van der Waals surface area contributed by atoms with E-state index in [4.69, 9.17) is 0 Å². The third kappa shape index (κ3) is 2.27. The Bertz CT molecular complexity index is 645. The van der Waals surface area contributed by atoms with Crippen LogP contribution in [0.25, 0.3) is 0 Å². The van der Waals surface area contributed by atoms with Gasteiger partial charge in [0.25, 0.3) is 0 Å². The lowest BCUT2D eigenvalue weighted by Gasteiger charge is -2.27. The zero-order valence-corrected chi connectivity index (χ0v) is 10.4. The van der Waals surface area contributed by atoms with E-state index in [0.717, 1.165) is 29.2 Å². The lowest BCUT2D eigenvalue weighted by Crippen LogP contribution is -2.22. The van der Waals surface area contributed by atoms with Crippen LogP contribution in [-0.4, -0.2) is 12.8 Å². The van der Waals surface area contributed by atoms with E-state index in [9.17, 15) is 13.2 Å². The van der Waals surface area contributed by atoms with Crippen LogP contribution in [0.4, 0.5) is 30.2 Å². The second-order valence-electron chi connectivity index (χ2n) is 4.46. The van der Waals surface area contributed by atoms with E-state index in [0.29, 0.717) is 6.54 Å². The van der Waals surface area contributed by atoms with Crippen LogP contribution in [0, 0.1) is 0 Å². The first-order valence-corrected chi connectivity index (χ1v) is 6.12. The summed E-state index contributed by atoms with van der Waals surface area (Å²) in [7, 11) is 0. The fraction of sp³-hybridized carbons (Fsp3) is 0.133. The summed E-state index contributed by atoms with van der Waals surface area (Å²) >= 11 is 0. The molecule has 20 heavy (non-hydrogen) atoms. The summed E-state index contributed by atoms with van der Waals surface area (Å²) in [5.74, 6) is 0. The van der Waals surface area contributed by atoms with Gasteiger partial charge < -0.3 is 4.90 Å². The minimum atomic E-state index is -4.31. The van der Waals surface area contributed by atoms with E-state index in [1.165, 1.54) is 12.1 Å². The molecule has 0 bridgehead atoms. The zero-order chi connectivity index (χ0) is 14.2. The average Bonchev–Trinajstić information content (AvgIpc) is 2.46. The fourth-order valence-corrected chi connectivity index (χ4v) is 2.20. The Morgan fingerprint density at radius 3 is 2.35 bits per heavy atom. The molecule has 5 heteroatoms. The number of anilines is 2. The van der Waals surface area contributed by atoms with Crippen LogP contribution in [-0.2, 0) is 6.18 Å². The molecule has 0 aliphatic carbocycles. The molecular formula is C15H11F3N2. The lowest BCUT2D eigenvalue weighted by molar-refractivity contribution is -0.137. The van der Waals surface area contributed by atoms with Gasteiger partial charge >= 0.3 is 6.18 Å². The minimum Gasteiger partial charge on any atom is -0.334 e. The number of hydrogen-bond acceptors (Lipinski definition) is 2. The van der Waals surface area contributed by atoms with Gasteiger partial charge in [-0.05, 0) is 36.4 Å². The molecule has 0 radical (unpaired) electrons. The molecule has 0 atom stereocenters. The van der Waals surface area contributed by atoms with Gasteiger partial charge in [0.05, 0.1) is 23.5 Å². The SMILES string of the molecule is FC(F)(F)c1ccc(N2CC=Nc3ccccc32)cc1. The van der Waals surface area contributed by atoms with Gasteiger partial charge in [-0.2, -0.15) is 13.2 Å². The number of aliphatic imine (C=N–C) groups is 1. The summed E-state index contributed by atoms with van der Waals surface area (Å²) in [6.07, 6.45) is -2.56. The van der Waals surface area contributed by atoms with Crippen molar-refractivity contribution in [2.75, 3.05) is 11.4 Å². The van der Waals surface area contributed by atoms with Crippen LogP contribution in [0.3, 0.4) is 0 Å². The molecule has 0 spiro atoms. The van der Waals surface area contributed by atoms with E-state index in [1.54, 1.807) is 6.21 Å². The van der Waals surface area contributed by atoms with Gasteiger partial charge in [-0.15, -0.1) is 0 Å². The molecule has 2 aromatic carbocycles. The number of hydrogen-bond donors (Lipinski definition) is 0. The first-order valence-electron chi connectivity index (χ1n) is 6.12. The summed E-state index contributed by atoms with van der Waals surface area (Å²) < 4.78 is 37.7. The highest BCUT2D eigenvalue weighted by molar-refractivity contribution is 5.86. The molecule has 102 valence electrons. The number of alkyl halides is 3. The first-order chi connectivity index (χ1) is 9.55. The van der Waals surface area contributed by atoms with Crippen molar-refractivity contribution < 1.29 is 13.2 Å². The van der Waals surface area contributed by atoms with Crippen LogP contribution in [0.15, 0.2) is 53.5 Å². The lowest BCUT2D eigenvalue weighted by atomic mass is 10.1. The topological polar surface area (TPSA) is 15.6 Å². The van der Waals surface area contributed by atoms with Crippen molar-refractivity contribution >= 4 is 23.3 Å². The van der Waals surface area contributed by atoms with Crippen molar-refractivity contribution in [2.45, 2.75) is 6.18 Å². The second kappa shape index (κ2) is 4.67. The van der Waals surface area contributed by atoms with Crippen molar-refractivity contribution in [2.24, 2.45) is 4.99 Å². The van der Waals surface area contributed by atoms with Gasteiger partial charge in [0.2, 0.25) is 0 Å².